The maximum Gasteiger partial charge on any atom is 0.263 e. The van der Waals surface area contributed by atoms with E-state index >= 15 is 0 Å². The SMILES string of the molecule is Cc1ccc(-c2csc3nc(SCC#N)n(C[C@H]4CCCO4)c(=O)c23)cc1. The summed E-state index contributed by atoms with van der Waals surface area (Å²) >= 11 is 2.78. The molecule has 1 saturated heterocycles. The third-order valence-corrected chi connectivity index (χ3v) is 6.41. The molecule has 0 unspecified atom stereocenters. The Labute approximate surface area is 165 Å². The predicted molar refractivity (Wildman–Crippen MR) is 109 cm³/mol. The highest BCUT2D eigenvalue weighted by Crippen LogP contribution is 2.32. The van der Waals surface area contributed by atoms with Crippen LogP contribution in [0, 0.1) is 18.3 Å². The molecule has 0 aliphatic carbocycles. The topological polar surface area (TPSA) is 67.9 Å². The van der Waals surface area contributed by atoms with Gasteiger partial charge >= 0.3 is 0 Å². The number of rotatable bonds is 5. The van der Waals surface area contributed by atoms with Gasteiger partial charge in [0.15, 0.2) is 5.16 Å². The Balaban J connectivity index is 1.85. The van der Waals surface area contributed by atoms with Crippen LogP contribution < -0.4 is 5.56 Å². The first-order chi connectivity index (χ1) is 13.2. The van der Waals surface area contributed by atoms with Crippen LogP contribution in [0.4, 0.5) is 0 Å². The number of nitriles is 1. The van der Waals surface area contributed by atoms with Gasteiger partial charge in [-0.1, -0.05) is 41.6 Å². The second-order valence-corrected chi connectivity index (χ2v) is 8.39. The maximum absolute atomic E-state index is 13.4. The molecule has 1 aliphatic heterocycles. The van der Waals surface area contributed by atoms with Gasteiger partial charge in [-0.15, -0.1) is 11.3 Å². The fraction of sp³-hybridized carbons (Fsp3) is 0.350. The van der Waals surface area contributed by atoms with Crippen LogP contribution in [0.2, 0.25) is 0 Å². The van der Waals surface area contributed by atoms with Gasteiger partial charge in [-0.25, -0.2) is 4.98 Å². The average molecular weight is 398 g/mol. The lowest BCUT2D eigenvalue weighted by atomic mass is 10.1. The second kappa shape index (κ2) is 7.85. The molecule has 7 heteroatoms. The van der Waals surface area contributed by atoms with Crippen LogP contribution in [0.1, 0.15) is 18.4 Å². The zero-order valence-corrected chi connectivity index (χ0v) is 16.6. The summed E-state index contributed by atoms with van der Waals surface area (Å²) in [4.78, 5) is 18.8. The Morgan fingerprint density at radius 3 is 2.93 bits per heavy atom. The lowest BCUT2D eigenvalue weighted by Crippen LogP contribution is -2.28. The molecule has 3 heterocycles. The highest BCUT2D eigenvalue weighted by atomic mass is 32.2. The van der Waals surface area contributed by atoms with E-state index in [1.807, 2.05) is 36.6 Å². The van der Waals surface area contributed by atoms with E-state index in [1.54, 1.807) is 4.57 Å². The molecule has 5 nitrogen and oxygen atoms in total. The van der Waals surface area contributed by atoms with Crippen molar-refractivity contribution in [3.8, 4) is 17.2 Å². The van der Waals surface area contributed by atoms with Gasteiger partial charge in [0.25, 0.3) is 5.56 Å². The molecule has 3 aromatic rings. The van der Waals surface area contributed by atoms with Crippen LogP contribution in [0.3, 0.4) is 0 Å². The van der Waals surface area contributed by atoms with Gasteiger partial charge in [-0.3, -0.25) is 9.36 Å². The summed E-state index contributed by atoms with van der Waals surface area (Å²) in [5.74, 6) is 0.264. The highest BCUT2D eigenvalue weighted by Gasteiger charge is 2.22. The number of hydrogen-bond donors (Lipinski definition) is 0. The summed E-state index contributed by atoms with van der Waals surface area (Å²) in [6.07, 6.45) is 1.99. The molecular weight excluding hydrogens is 378 g/mol. The van der Waals surface area contributed by atoms with E-state index in [0.717, 1.165) is 35.4 Å². The Morgan fingerprint density at radius 1 is 1.41 bits per heavy atom. The average Bonchev–Trinajstić information content (AvgIpc) is 3.33. The van der Waals surface area contributed by atoms with Crippen LogP contribution in [0.15, 0.2) is 39.6 Å². The molecule has 0 saturated carbocycles. The first-order valence-corrected chi connectivity index (χ1v) is 10.7. The third-order valence-electron chi connectivity index (χ3n) is 4.70. The molecule has 4 rings (SSSR count). The van der Waals surface area contributed by atoms with Crippen LogP contribution in [0.25, 0.3) is 21.3 Å². The molecular formula is C20H19N3O2S2. The van der Waals surface area contributed by atoms with Crippen molar-refractivity contribution >= 4 is 33.3 Å². The predicted octanol–water partition coefficient (Wildman–Crippen LogP) is 4.23. The first kappa shape index (κ1) is 18.2. The summed E-state index contributed by atoms with van der Waals surface area (Å²) in [6.45, 7) is 3.27. The molecule has 1 atom stereocenters. The summed E-state index contributed by atoms with van der Waals surface area (Å²) < 4.78 is 7.43. The molecule has 138 valence electrons. The van der Waals surface area contributed by atoms with E-state index in [4.69, 9.17) is 15.0 Å². The van der Waals surface area contributed by atoms with Crippen molar-refractivity contribution in [2.24, 2.45) is 0 Å². The Bertz CT molecular complexity index is 1060. The highest BCUT2D eigenvalue weighted by molar-refractivity contribution is 7.99. The normalized spacial score (nSPS) is 16.7. The van der Waals surface area contributed by atoms with Gasteiger partial charge in [0.1, 0.15) is 4.83 Å². The third kappa shape index (κ3) is 3.65. The standard InChI is InChI=1S/C20H19N3O2S2/c1-13-4-6-14(7-5-13)16-12-27-18-17(16)19(24)23(11-15-3-2-9-25-15)20(22-18)26-10-8-21/h4-7,12,15H,2-3,9-11H2,1H3/t15-/m1/s1. The number of thioether (sulfide) groups is 1. The lowest BCUT2D eigenvalue weighted by Gasteiger charge is -2.15. The van der Waals surface area contributed by atoms with Gasteiger partial charge in [-0.2, -0.15) is 5.26 Å². The van der Waals surface area contributed by atoms with Gasteiger partial charge < -0.3 is 4.74 Å². The number of thiophene rings is 1. The van der Waals surface area contributed by atoms with Crippen molar-refractivity contribution in [3.63, 3.8) is 0 Å². The largest absolute Gasteiger partial charge is 0.376 e. The van der Waals surface area contributed by atoms with E-state index in [0.29, 0.717) is 17.1 Å². The van der Waals surface area contributed by atoms with Gasteiger partial charge in [0.2, 0.25) is 0 Å². The second-order valence-electron chi connectivity index (χ2n) is 6.59. The molecule has 1 aromatic carbocycles. The lowest BCUT2D eigenvalue weighted by molar-refractivity contribution is 0.0937. The quantitative estimate of drug-likeness (QED) is 0.476. The van der Waals surface area contributed by atoms with Gasteiger partial charge in [0, 0.05) is 17.6 Å². The first-order valence-electron chi connectivity index (χ1n) is 8.88. The minimum atomic E-state index is -0.0484. The zero-order chi connectivity index (χ0) is 18.8. The van der Waals surface area contributed by atoms with Gasteiger partial charge in [0.05, 0.1) is 29.9 Å². The molecule has 0 N–H and O–H groups in total. The van der Waals surface area contributed by atoms with E-state index in [1.165, 1.54) is 28.7 Å². The summed E-state index contributed by atoms with van der Waals surface area (Å²) in [5, 5.41) is 12.2. The molecule has 1 fully saturated rings. The molecule has 1 aliphatic rings. The number of hydrogen-bond acceptors (Lipinski definition) is 6. The Kier molecular flexibility index (Phi) is 5.30. The van der Waals surface area contributed by atoms with E-state index in [-0.39, 0.29) is 17.4 Å². The number of fused-ring (bicyclic) bond motifs is 1. The minimum absolute atomic E-state index is 0.0323. The summed E-state index contributed by atoms with van der Waals surface area (Å²) in [7, 11) is 0. The number of benzene rings is 1. The van der Waals surface area contributed by atoms with Crippen LogP contribution >= 0.6 is 23.1 Å². The van der Waals surface area contributed by atoms with Crippen molar-refractivity contribution in [2.75, 3.05) is 12.4 Å². The van der Waals surface area contributed by atoms with E-state index in [9.17, 15) is 4.79 Å². The molecule has 2 aromatic heterocycles. The number of aryl methyl sites for hydroxylation is 1. The fourth-order valence-corrected chi connectivity index (χ4v) is 4.97. The van der Waals surface area contributed by atoms with Crippen LogP contribution in [-0.2, 0) is 11.3 Å². The van der Waals surface area contributed by atoms with E-state index < -0.39 is 0 Å². The van der Waals surface area contributed by atoms with Crippen molar-refractivity contribution in [2.45, 2.75) is 37.6 Å². The van der Waals surface area contributed by atoms with Crippen molar-refractivity contribution in [1.82, 2.24) is 9.55 Å². The summed E-state index contributed by atoms with van der Waals surface area (Å²) in [5.41, 5.74) is 3.08. The molecule has 27 heavy (non-hydrogen) atoms. The van der Waals surface area contributed by atoms with Crippen LogP contribution in [0.5, 0.6) is 0 Å². The minimum Gasteiger partial charge on any atom is -0.376 e. The molecule has 0 radical (unpaired) electrons. The molecule has 0 bridgehead atoms. The smallest absolute Gasteiger partial charge is 0.263 e. The van der Waals surface area contributed by atoms with Crippen molar-refractivity contribution in [3.05, 3.63) is 45.6 Å². The number of aromatic nitrogens is 2. The molecule has 0 spiro atoms. The van der Waals surface area contributed by atoms with Crippen molar-refractivity contribution < 1.29 is 4.74 Å². The number of ether oxygens (including phenoxy) is 1. The number of nitrogens with zero attached hydrogens (tertiary/aromatic N) is 3. The maximum atomic E-state index is 13.4. The molecule has 0 amide bonds. The van der Waals surface area contributed by atoms with E-state index in [2.05, 4.69) is 6.07 Å². The Morgan fingerprint density at radius 2 is 2.22 bits per heavy atom. The summed E-state index contributed by atoms with van der Waals surface area (Å²) in [6, 6.07) is 10.3. The van der Waals surface area contributed by atoms with Gasteiger partial charge in [-0.05, 0) is 25.3 Å². The zero-order valence-electron chi connectivity index (χ0n) is 15.0. The Hall–Kier alpha value is -2.14. The fourth-order valence-electron chi connectivity index (χ4n) is 3.31. The monoisotopic (exact) mass is 397 g/mol. The van der Waals surface area contributed by atoms with Crippen LogP contribution in [-0.4, -0.2) is 28.0 Å². The van der Waals surface area contributed by atoms with Crippen molar-refractivity contribution in [1.29, 1.82) is 5.26 Å².